The van der Waals surface area contributed by atoms with E-state index < -0.39 is 11.6 Å². The maximum Gasteiger partial charge on any atom is 0.240 e. The second kappa shape index (κ2) is 9.01. The summed E-state index contributed by atoms with van der Waals surface area (Å²) >= 11 is 0. The number of hydrogen-bond donors (Lipinski definition) is 1. The van der Waals surface area contributed by atoms with E-state index in [0.29, 0.717) is 0 Å². The van der Waals surface area contributed by atoms with Gasteiger partial charge in [0, 0.05) is 12.7 Å². The number of nitriles is 1. The second-order valence-electron chi connectivity index (χ2n) is 7.61. The molecule has 0 bridgehead atoms. The maximum absolute atomic E-state index is 12.9. The minimum absolute atomic E-state index is 0.105. The van der Waals surface area contributed by atoms with Gasteiger partial charge >= 0.3 is 0 Å². The van der Waals surface area contributed by atoms with E-state index in [4.69, 9.17) is 0 Å². The SMILES string of the molecule is Cc1ccc(NC(=O)CN(C)[C@@H](C)C(=O)N(C)C2(C#N)CCCCC2)cc1. The molecule has 1 saturated carbocycles. The van der Waals surface area contributed by atoms with Gasteiger partial charge in [-0.25, -0.2) is 0 Å². The van der Waals surface area contributed by atoms with Crippen LogP contribution in [0.5, 0.6) is 0 Å². The van der Waals surface area contributed by atoms with Crippen molar-refractivity contribution in [2.24, 2.45) is 0 Å². The van der Waals surface area contributed by atoms with Crippen molar-refractivity contribution >= 4 is 17.5 Å². The van der Waals surface area contributed by atoms with Crippen LogP contribution in [0.2, 0.25) is 0 Å². The van der Waals surface area contributed by atoms with Crippen molar-refractivity contribution in [1.82, 2.24) is 9.80 Å². The second-order valence-corrected chi connectivity index (χ2v) is 7.61. The molecule has 0 aliphatic heterocycles. The predicted octanol–water partition coefficient (Wildman–Crippen LogP) is 2.94. The molecule has 6 nitrogen and oxygen atoms in total. The highest BCUT2D eigenvalue weighted by Gasteiger charge is 2.40. The Morgan fingerprint density at radius 3 is 2.33 bits per heavy atom. The van der Waals surface area contributed by atoms with E-state index in [0.717, 1.165) is 43.4 Å². The molecule has 1 N–H and O–H groups in total. The molecule has 0 saturated heterocycles. The summed E-state index contributed by atoms with van der Waals surface area (Å²) < 4.78 is 0. The van der Waals surface area contributed by atoms with Gasteiger partial charge in [-0.05, 0) is 45.9 Å². The Hall–Kier alpha value is -2.39. The van der Waals surface area contributed by atoms with E-state index >= 15 is 0 Å². The molecule has 146 valence electrons. The van der Waals surface area contributed by atoms with E-state index in [2.05, 4.69) is 11.4 Å². The molecule has 27 heavy (non-hydrogen) atoms. The Bertz CT molecular complexity index is 702. The summed E-state index contributed by atoms with van der Waals surface area (Å²) in [5, 5.41) is 12.5. The van der Waals surface area contributed by atoms with Gasteiger partial charge in [-0.1, -0.05) is 37.0 Å². The molecule has 0 radical (unpaired) electrons. The lowest BCUT2D eigenvalue weighted by Crippen LogP contribution is -2.55. The van der Waals surface area contributed by atoms with Gasteiger partial charge < -0.3 is 10.2 Å². The zero-order chi connectivity index (χ0) is 20.0. The van der Waals surface area contributed by atoms with Gasteiger partial charge in [0.05, 0.1) is 18.7 Å². The highest BCUT2D eigenvalue weighted by Crippen LogP contribution is 2.33. The van der Waals surface area contributed by atoms with Gasteiger partial charge in [0.25, 0.3) is 0 Å². The van der Waals surface area contributed by atoms with Crippen LogP contribution in [0.1, 0.15) is 44.6 Å². The van der Waals surface area contributed by atoms with Gasteiger partial charge in [-0.3, -0.25) is 14.5 Å². The summed E-state index contributed by atoms with van der Waals surface area (Å²) in [6, 6.07) is 9.48. The summed E-state index contributed by atoms with van der Waals surface area (Å²) in [5.41, 5.74) is 1.15. The summed E-state index contributed by atoms with van der Waals surface area (Å²) in [6.07, 6.45) is 4.48. The number of rotatable bonds is 6. The molecule has 1 atom stereocenters. The summed E-state index contributed by atoms with van der Waals surface area (Å²) in [4.78, 5) is 28.5. The molecular weight excluding hydrogens is 340 g/mol. The van der Waals surface area contributed by atoms with Crippen LogP contribution in [0.3, 0.4) is 0 Å². The average molecular weight is 370 g/mol. The molecule has 0 heterocycles. The van der Waals surface area contributed by atoms with Gasteiger partial charge in [0.2, 0.25) is 11.8 Å². The van der Waals surface area contributed by atoms with E-state index in [9.17, 15) is 14.9 Å². The molecule has 1 aromatic carbocycles. The molecule has 1 aliphatic rings. The molecule has 2 rings (SSSR count). The van der Waals surface area contributed by atoms with Crippen molar-refractivity contribution < 1.29 is 9.59 Å². The Morgan fingerprint density at radius 2 is 1.78 bits per heavy atom. The lowest BCUT2D eigenvalue weighted by molar-refractivity contribution is -0.140. The lowest BCUT2D eigenvalue weighted by Gasteiger charge is -2.41. The fourth-order valence-corrected chi connectivity index (χ4v) is 3.54. The lowest BCUT2D eigenvalue weighted by atomic mass is 9.81. The number of hydrogen-bond acceptors (Lipinski definition) is 4. The third kappa shape index (κ3) is 5.08. The number of carbonyl (C=O) groups is 2. The number of benzene rings is 1. The van der Waals surface area contributed by atoms with Crippen molar-refractivity contribution in [3.63, 3.8) is 0 Å². The highest BCUT2D eigenvalue weighted by molar-refractivity contribution is 5.92. The van der Waals surface area contributed by atoms with Gasteiger partial charge in [-0.15, -0.1) is 0 Å². The van der Waals surface area contributed by atoms with Crippen molar-refractivity contribution in [3.05, 3.63) is 29.8 Å². The van der Waals surface area contributed by atoms with Crippen LogP contribution in [0.15, 0.2) is 24.3 Å². The molecular formula is C21H30N4O2. The van der Waals surface area contributed by atoms with Gasteiger partial charge in [0.1, 0.15) is 5.54 Å². The Morgan fingerprint density at radius 1 is 1.19 bits per heavy atom. The fraction of sp³-hybridized carbons (Fsp3) is 0.571. The summed E-state index contributed by atoms with van der Waals surface area (Å²) in [6.45, 7) is 3.88. The number of anilines is 1. The van der Waals surface area contributed by atoms with E-state index in [-0.39, 0.29) is 18.4 Å². The van der Waals surface area contributed by atoms with Gasteiger partial charge in [-0.2, -0.15) is 5.26 Å². The summed E-state index contributed by atoms with van der Waals surface area (Å²) in [7, 11) is 3.47. The molecule has 0 spiro atoms. The monoisotopic (exact) mass is 370 g/mol. The average Bonchev–Trinajstić information content (AvgIpc) is 2.68. The van der Waals surface area contributed by atoms with Crippen LogP contribution in [-0.2, 0) is 9.59 Å². The first-order valence-electron chi connectivity index (χ1n) is 9.55. The minimum atomic E-state index is -0.714. The number of amides is 2. The molecule has 1 aliphatic carbocycles. The van der Waals surface area contributed by atoms with E-state index in [1.54, 1.807) is 30.8 Å². The first kappa shape index (κ1) is 20.9. The molecule has 2 amide bonds. The van der Waals surface area contributed by atoms with Crippen LogP contribution in [0.25, 0.3) is 0 Å². The third-order valence-corrected chi connectivity index (χ3v) is 5.61. The van der Waals surface area contributed by atoms with Crippen molar-refractivity contribution in [3.8, 4) is 6.07 Å². The maximum atomic E-state index is 12.9. The molecule has 1 aromatic rings. The molecule has 6 heteroatoms. The number of aryl methyl sites for hydroxylation is 1. The largest absolute Gasteiger partial charge is 0.326 e. The van der Waals surface area contributed by atoms with E-state index in [1.165, 1.54) is 0 Å². The number of carbonyl (C=O) groups excluding carboxylic acids is 2. The number of nitrogens with zero attached hydrogens (tertiary/aromatic N) is 3. The fourth-order valence-electron chi connectivity index (χ4n) is 3.54. The number of likely N-dealkylation sites (N-methyl/N-ethyl adjacent to an activating group) is 2. The topological polar surface area (TPSA) is 76.4 Å². The standard InChI is InChI=1S/C21H30N4O2/c1-16-8-10-18(11-9-16)23-19(26)14-24(3)17(2)20(27)25(4)21(15-22)12-6-5-7-13-21/h8-11,17H,5-7,12-14H2,1-4H3,(H,23,26)/t17-/m0/s1. The van der Waals surface area contributed by atoms with Crippen LogP contribution in [-0.4, -0.2) is 53.8 Å². The smallest absolute Gasteiger partial charge is 0.240 e. The Labute approximate surface area is 162 Å². The minimum Gasteiger partial charge on any atom is -0.326 e. The first-order valence-corrected chi connectivity index (χ1v) is 9.55. The summed E-state index contributed by atoms with van der Waals surface area (Å²) in [5.74, 6) is -0.291. The first-order chi connectivity index (χ1) is 12.8. The van der Waals surface area contributed by atoms with Crippen LogP contribution < -0.4 is 5.32 Å². The van der Waals surface area contributed by atoms with E-state index in [1.807, 2.05) is 31.2 Å². The Kier molecular flexibility index (Phi) is 6.98. The quantitative estimate of drug-likeness (QED) is 0.835. The van der Waals surface area contributed by atoms with Crippen molar-refractivity contribution in [2.75, 3.05) is 26.0 Å². The zero-order valence-electron chi connectivity index (χ0n) is 16.8. The van der Waals surface area contributed by atoms with Crippen molar-refractivity contribution in [2.45, 2.75) is 57.5 Å². The molecule has 0 unspecified atom stereocenters. The van der Waals surface area contributed by atoms with Crippen LogP contribution in [0, 0.1) is 18.3 Å². The van der Waals surface area contributed by atoms with Crippen LogP contribution in [0.4, 0.5) is 5.69 Å². The van der Waals surface area contributed by atoms with Crippen LogP contribution >= 0.6 is 0 Å². The molecule has 0 aromatic heterocycles. The predicted molar refractivity (Wildman–Crippen MR) is 106 cm³/mol. The highest BCUT2D eigenvalue weighted by atomic mass is 16.2. The number of nitrogens with one attached hydrogen (secondary N) is 1. The Balaban J connectivity index is 1.95. The third-order valence-electron chi connectivity index (χ3n) is 5.61. The molecule has 1 fully saturated rings. The van der Waals surface area contributed by atoms with Gasteiger partial charge in [0.15, 0.2) is 0 Å². The zero-order valence-corrected chi connectivity index (χ0v) is 16.8. The normalized spacial score (nSPS) is 17.0. The van der Waals surface area contributed by atoms with Crippen molar-refractivity contribution in [1.29, 1.82) is 5.26 Å².